The zero-order valence-electron chi connectivity index (χ0n) is 18.2. The number of likely N-dealkylation sites (N-methyl/N-ethyl adjacent to an activating group) is 1. The van der Waals surface area contributed by atoms with E-state index in [1.807, 2.05) is 12.1 Å². The van der Waals surface area contributed by atoms with Crippen molar-refractivity contribution >= 4 is 11.8 Å². The minimum absolute atomic E-state index is 0.0197. The number of carbonyl (C=O) groups is 2. The smallest absolute Gasteiger partial charge is 0.239 e. The highest BCUT2D eigenvalue weighted by Crippen LogP contribution is 2.31. The van der Waals surface area contributed by atoms with Crippen LogP contribution in [0, 0.1) is 0 Å². The predicted octanol–water partition coefficient (Wildman–Crippen LogP) is 0.643. The Morgan fingerprint density at radius 2 is 2.03 bits per heavy atom. The van der Waals surface area contributed by atoms with E-state index in [2.05, 4.69) is 39.4 Å². The molecular formula is C22H35N5O3. The normalized spacial score (nSPS) is 29.4. The first-order chi connectivity index (χ1) is 14.5. The second-order valence-corrected chi connectivity index (χ2v) is 9.03. The zero-order chi connectivity index (χ0) is 21.1. The molecule has 0 saturated carbocycles. The number of likely N-dealkylation sites (tertiary alicyclic amines) is 2. The monoisotopic (exact) mass is 417 g/mol. The molecule has 4 rings (SSSR count). The molecule has 0 aromatic carbocycles. The van der Waals surface area contributed by atoms with E-state index in [9.17, 15) is 9.59 Å². The van der Waals surface area contributed by atoms with E-state index < -0.39 is 0 Å². The van der Waals surface area contributed by atoms with Crippen molar-refractivity contribution in [1.29, 1.82) is 0 Å². The maximum absolute atomic E-state index is 13.0. The number of nitrogens with zero attached hydrogens (tertiary/aromatic N) is 3. The van der Waals surface area contributed by atoms with Crippen LogP contribution in [-0.2, 0) is 16.1 Å². The lowest BCUT2D eigenvalue weighted by molar-refractivity contribution is -0.127. The molecular weight excluding hydrogens is 382 g/mol. The van der Waals surface area contributed by atoms with Gasteiger partial charge in [-0.15, -0.1) is 0 Å². The van der Waals surface area contributed by atoms with Crippen LogP contribution < -0.4 is 10.6 Å². The quantitative estimate of drug-likeness (QED) is 0.707. The van der Waals surface area contributed by atoms with Crippen molar-refractivity contribution in [2.45, 2.75) is 62.8 Å². The fraction of sp³-hybridized carbons (Fsp3) is 0.727. The van der Waals surface area contributed by atoms with Crippen LogP contribution in [0.2, 0.25) is 0 Å². The maximum Gasteiger partial charge on any atom is 0.239 e. The van der Waals surface area contributed by atoms with Gasteiger partial charge in [0.15, 0.2) is 0 Å². The lowest BCUT2D eigenvalue weighted by Crippen LogP contribution is -2.54. The third-order valence-corrected chi connectivity index (χ3v) is 7.19. The summed E-state index contributed by atoms with van der Waals surface area (Å²) in [4.78, 5) is 32.5. The summed E-state index contributed by atoms with van der Waals surface area (Å²) in [5.74, 6) is 0.935. The Labute approximate surface area is 178 Å². The van der Waals surface area contributed by atoms with E-state index in [1.165, 1.54) is 0 Å². The third kappa shape index (κ3) is 4.71. The van der Waals surface area contributed by atoms with Crippen LogP contribution >= 0.6 is 0 Å². The van der Waals surface area contributed by atoms with Gasteiger partial charge in [0.1, 0.15) is 11.8 Å². The van der Waals surface area contributed by atoms with Gasteiger partial charge >= 0.3 is 0 Å². The number of fused-ring (bicyclic) bond motifs is 1. The Hall–Kier alpha value is -1.90. The Kier molecular flexibility index (Phi) is 6.75. The summed E-state index contributed by atoms with van der Waals surface area (Å²) >= 11 is 0. The summed E-state index contributed by atoms with van der Waals surface area (Å²) in [5, 5.41) is 6.09. The second kappa shape index (κ2) is 9.49. The van der Waals surface area contributed by atoms with Crippen LogP contribution in [0.15, 0.2) is 22.8 Å². The second-order valence-electron chi connectivity index (χ2n) is 9.03. The van der Waals surface area contributed by atoms with E-state index in [-0.39, 0.29) is 29.9 Å². The Morgan fingerprint density at radius 3 is 2.77 bits per heavy atom. The Bertz CT molecular complexity index is 716. The third-order valence-electron chi connectivity index (χ3n) is 7.19. The van der Waals surface area contributed by atoms with Crippen molar-refractivity contribution in [3.05, 3.63) is 24.2 Å². The zero-order valence-corrected chi connectivity index (χ0v) is 18.2. The van der Waals surface area contributed by atoms with Crippen LogP contribution in [0.25, 0.3) is 0 Å². The largest absolute Gasteiger partial charge is 0.467 e. The van der Waals surface area contributed by atoms with Gasteiger partial charge in [-0.1, -0.05) is 0 Å². The highest BCUT2D eigenvalue weighted by atomic mass is 16.3. The summed E-state index contributed by atoms with van der Waals surface area (Å²) in [5.41, 5.74) is 0. The summed E-state index contributed by atoms with van der Waals surface area (Å²) in [6.07, 6.45) is 6.07. The highest BCUT2D eigenvalue weighted by molar-refractivity contribution is 5.83. The standard InChI is InChI=1S/C22H35N5O3/c1-25-10-7-16(8-11-25)27-12-9-19-21(27)22(29)24-14-17(26(19)2)5-6-20(28)23-15-18-4-3-13-30-18/h3-4,13,16-17,19,21H,5-12,14-15H2,1-2H3,(H,23,28)(H,24,29). The molecule has 166 valence electrons. The SMILES string of the molecule is CN1CCC(N2CCC3C2C(=O)NCC(CCC(=O)NCc2ccco2)N3C)CC1. The van der Waals surface area contributed by atoms with Crippen LogP contribution in [0.1, 0.15) is 37.9 Å². The summed E-state index contributed by atoms with van der Waals surface area (Å²) < 4.78 is 5.26. The van der Waals surface area contributed by atoms with Gasteiger partial charge in [0, 0.05) is 37.6 Å². The minimum Gasteiger partial charge on any atom is -0.467 e. The van der Waals surface area contributed by atoms with Crippen LogP contribution in [0.5, 0.6) is 0 Å². The van der Waals surface area contributed by atoms with Crippen molar-refractivity contribution in [3.63, 3.8) is 0 Å². The number of hydrogen-bond acceptors (Lipinski definition) is 6. The van der Waals surface area contributed by atoms with Crippen molar-refractivity contribution < 1.29 is 14.0 Å². The first-order valence-electron chi connectivity index (χ1n) is 11.3. The van der Waals surface area contributed by atoms with Gasteiger partial charge in [0.25, 0.3) is 0 Å². The summed E-state index contributed by atoms with van der Waals surface area (Å²) in [6.45, 7) is 4.21. The molecule has 0 aliphatic carbocycles. The summed E-state index contributed by atoms with van der Waals surface area (Å²) in [7, 11) is 4.30. The molecule has 8 nitrogen and oxygen atoms in total. The molecule has 0 bridgehead atoms. The molecule has 4 heterocycles. The van der Waals surface area contributed by atoms with E-state index in [0.717, 1.165) is 51.1 Å². The number of rotatable bonds is 6. The molecule has 3 fully saturated rings. The van der Waals surface area contributed by atoms with Gasteiger partial charge in [-0.05, 0) is 65.0 Å². The lowest BCUT2D eigenvalue weighted by Gasteiger charge is -2.39. The van der Waals surface area contributed by atoms with E-state index in [4.69, 9.17) is 4.42 Å². The molecule has 8 heteroatoms. The molecule has 3 atom stereocenters. The maximum atomic E-state index is 13.0. The van der Waals surface area contributed by atoms with Crippen molar-refractivity contribution in [1.82, 2.24) is 25.3 Å². The van der Waals surface area contributed by atoms with Crippen LogP contribution in [0.3, 0.4) is 0 Å². The number of carbonyl (C=O) groups excluding carboxylic acids is 2. The average molecular weight is 418 g/mol. The number of furan rings is 1. The first-order valence-corrected chi connectivity index (χ1v) is 11.3. The number of piperidine rings is 1. The average Bonchev–Trinajstić information content (AvgIpc) is 3.40. The fourth-order valence-corrected chi connectivity index (χ4v) is 5.32. The molecule has 2 amide bonds. The molecule has 30 heavy (non-hydrogen) atoms. The van der Waals surface area contributed by atoms with E-state index in [0.29, 0.717) is 25.6 Å². The molecule has 3 unspecified atom stereocenters. The molecule has 1 aromatic rings. The molecule has 2 N–H and O–H groups in total. The molecule has 3 saturated heterocycles. The Balaban J connectivity index is 1.32. The van der Waals surface area contributed by atoms with E-state index >= 15 is 0 Å². The minimum atomic E-state index is -0.0683. The van der Waals surface area contributed by atoms with Gasteiger partial charge in [0.05, 0.1) is 12.8 Å². The summed E-state index contributed by atoms with van der Waals surface area (Å²) in [6, 6.07) is 4.50. The lowest BCUT2D eigenvalue weighted by atomic mass is 10.0. The van der Waals surface area contributed by atoms with Gasteiger partial charge in [-0.25, -0.2) is 0 Å². The molecule has 0 spiro atoms. The van der Waals surface area contributed by atoms with Gasteiger partial charge in [-0.2, -0.15) is 0 Å². The molecule has 1 aromatic heterocycles. The number of hydrogen-bond donors (Lipinski definition) is 2. The first kappa shape index (κ1) is 21.3. The van der Waals surface area contributed by atoms with Gasteiger partial charge in [0.2, 0.25) is 11.8 Å². The number of nitrogens with one attached hydrogen (secondary N) is 2. The van der Waals surface area contributed by atoms with Gasteiger partial charge in [-0.3, -0.25) is 19.4 Å². The van der Waals surface area contributed by atoms with Crippen molar-refractivity contribution in [2.75, 3.05) is 40.3 Å². The van der Waals surface area contributed by atoms with Crippen LogP contribution in [0.4, 0.5) is 0 Å². The van der Waals surface area contributed by atoms with Crippen molar-refractivity contribution in [2.24, 2.45) is 0 Å². The topological polar surface area (TPSA) is 81.1 Å². The van der Waals surface area contributed by atoms with Crippen molar-refractivity contribution in [3.8, 4) is 0 Å². The van der Waals surface area contributed by atoms with Gasteiger partial charge < -0.3 is 20.0 Å². The van der Waals surface area contributed by atoms with Crippen LogP contribution in [-0.4, -0.2) is 91.0 Å². The number of amides is 2. The highest BCUT2D eigenvalue weighted by Gasteiger charge is 2.47. The molecule has 3 aliphatic heterocycles. The predicted molar refractivity (Wildman–Crippen MR) is 114 cm³/mol. The molecule has 3 aliphatic rings. The molecule has 0 radical (unpaired) electrons. The fourth-order valence-electron chi connectivity index (χ4n) is 5.32. The Morgan fingerprint density at radius 1 is 1.23 bits per heavy atom. The van der Waals surface area contributed by atoms with E-state index in [1.54, 1.807) is 6.26 Å².